The number of hydrogen-bond donors (Lipinski definition) is 1. The van der Waals surface area contributed by atoms with Crippen LogP contribution in [-0.2, 0) is 19.1 Å². The van der Waals surface area contributed by atoms with Crippen molar-refractivity contribution in [3.63, 3.8) is 0 Å². The summed E-state index contributed by atoms with van der Waals surface area (Å²) in [5.41, 5.74) is -0.897. The lowest BCUT2D eigenvalue weighted by atomic mass is 9.73. The molecule has 0 radical (unpaired) electrons. The molecule has 146 valence electrons. The van der Waals surface area contributed by atoms with Gasteiger partial charge in [0.2, 0.25) is 0 Å². The van der Waals surface area contributed by atoms with Gasteiger partial charge in [-0.05, 0) is 25.2 Å². The van der Waals surface area contributed by atoms with Crippen molar-refractivity contribution in [2.45, 2.75) is 57.9 Å². The van der Waals surface area contributed by atoms with Gasteiger partial charge in [-0.15, -0.1) is 0 Å². The Morgan fingerprint density at radius 3 is 2.73 bits per heavy atom. The first-order valence-corrected chi connectivity index (χ1v) is 9.35. The molecule has 26 heavy (non-hydrogen) atoms. The molecule has 0 aromatic heterocycles. The summed E-state index contributed by atoms with van der Waals surface area (Å²) in [5, 5.41) is 2.78. The zero-order chi connectivity index (χ0) is 19.3. The highest BCUT2D eigenvalue weighted by molar-refractivity contribution is 6.09. The van der Waals surface area contributed by atoms with Crippen molar-refractivity contribution >= 4 is 23.8 Å². The van der Waals surface area contributed by atoms with Crippen LogP contribution in [0.3, 0.4) is 0 Å². The molecule has 1 saturated heterocycles. The van der Waals surface area contributed by atoms with Crippen LogP contribution in [-0.4, -0.2) is 65.9 Å². The van der Waals surface area contributed by atoms with Crippen molar-refractivity contribution in [2.24, 2.45) is 5.92 Å². The molecule has 2 aliphatic rings. The molecule has 1 heterocycles. The van der Waals surface area contributed by atoms with E-state index in [-0.39, 0.29) is 24.3 Å². The minimum atomic E-state index is -0.897. The number of carbonyl (C=O) groups excluding carboxylic acids is 4. The van der Waals surface area contributed by atoms with Crippen LogP contribution in [0.25, 0.3) is 0 Å². The zero-order valence-corrected chi connectivity index (χ0v) is 15.9. The molecule has 0 aromatic carbocycles. The molecule has 0 unspecified atom stereocenters. The molecule has 1 aliphatic carbocycles. The molecule has 8 heteroatoms. The average molecular weight is 367 g/mol. The molecule has 1 aliphatic heterocycles. The second-order valence-electron chi connectivity index (χ2n) is 7.27. The fourth-order valence-electron chi connectivity index (χ4n) is 3.59. The average Bonchev–Trinajstić information content (AvgIpc) is 2.85. The van der Waals surface area contributed by atoms with Gasteiger partial charge < -0.3 is 15.0 Å². The van der Waals surface area contributed by atoms with E-state index in [2.05, 4.69) is 5.32 Å². The quantitative estimate of drug-likeness (QED) is 0.540. The van der Waals surface area contributed by atoms with Gasteiger partial charge in [0, 0.05) is 13.6 Å². The fraction of sp³-hybridized carbons (Fsp3) is 0.778. The SMILES string of the molecule is CCCCN(C)C(=O)COC(=O)CN1C(=O)N[C@]2(CCCC[C@H]2C)C1=O. The van der Waals surface area contributed by atoms with E-state index in [1.807, 2.05) is 13.8 Å². The highest BCUT2D eigenvalue weighted by Gasteiger charge is 2.55. The molecule has 1 N–H and O–H groups in total. The van der Waals surface area contributed by atoms with Gasteiger partial charge in [0.25, 0.3) is 11.8 Å². The van der Waals surface area contributed by atoms with Gasteiger partial charge in [0.05, 0.1) is 0 Å². The van der Waals surface area contributed by atoms with E-state index < -0.39 is 24.1 Å². The van der Waals surface area contributed by atoms with Crippen molar-refractivity contribution in [3.05, 3.63) is 0 Å². The number of carbonyl (C=O) groups is 4. The topological polar surface area (TPSA) is 96.0 Å². The van der Waals surface area contributed by atoms with Crippen LogP contribution in [0.4, 0.5) is 4.79 Å². The number of ether oxygens (including phenoxy) is 1. The Bertz CT molecular complexity index is 579. The van der Waals surface area contributed by atoms with Crippen molar-refractivity contribution in [1.29, 1.82) is 0 Å². The monoisotopic (exact) mass is 367 g/mol. The molecule has 1 saturated carbocycles. The highest BCUT2D eigenvalue weighted by atomic mass is 16.5. The van der Waals surface area contributed by atoms with Crippen LogP contribution in [0.1, 0.15) is 52.4 Å². The summed E-state index contributed by atoms with van der Waals surface area (Å²) in [6.07, 6.45) is 5.19. The Hall–Kier alpha value is -2.12. The van der Waals surface area contributed by atoms with Crippen molar-refractivity contribution in [3.8, 4) is 0 Å². The number of unbranched alkanes of at least 4 members (excludes halogenated alkanes) is 1. The number of imide groups is 1. The zero-order valence-electron chi connectivity index (χ0n) is 15.9. The van der Waals surface area contributed by atoms with Gasteiger partial charge in [-0.2, -0.15) is 0 Å². The maximum Gasteiger partial charge on any atom is 0.326 e. The van der Waals surface area contributed by atoms with Crippen LogP contribution < -0.4 is 5.32 Å². The Morgan fingerprint density at radius 2 is 2.08 bits per heavy atom. The second-order valence-corrected chi connectivity index (χ2v) is 7.27. The fourth-order valence-corrected chi connectivity index (χ4v) is 3.59. The first kappa shape index (κ1) is 20.2. The van der Waals surface area contributed by atoms with E-state index in [0.717, 1.165) is 37.0 Å². The van der Waals surface area contributed by atoms with Crippen LogP contribution in [0.15, 0.2) is 0 Å². The Kier molecular flexibility index (Phi) is 6.61. The number of hydrogen-bond acceptors (Lipinski definition) is 5. The normalized spacial score (nSPS) is 25.3. The highest BCUT2D eigenvalue weighted by Crippen LogP contribution is 2.38. The molecule has 2 rings (SSSR count). The molecule has 2 fully saturated rings. The number of nitrogens with zero attached hydrogens (tertiary/aromatic N) is 2. The molecule has 8 nitrogen and oxygen atoms in total. The summed E-state index contributed by atoms with van der Waals surface area (Å²) in [6.45, 7) is 3.72. The third-order valence-corrected chi connectivity index (χ3v) is 5.42. The van der Waals surface area contributed by atoms with E-state index in [1.54, 1.807) is 7.05 Å². The van der Waals surface area contributed by atoms with Crippen LogP contribution in [0.5, 0.6) is 0 Å². The number of esters is 1. The van der Waals surface area contributed by atoms with Crippen molar-refractivity contribution in [2.75, 3.05) is 26.7 Å². The second kappa shape index (κ2) is 8.51. The van der Waals surface area contributed by atoms with Crippen LogP contribution in [0, 0.1) is 5.92 Å². The summed E-state index contributed by atoms with van der Waals surface area (Å²) in [5.74, 6) is -1.40. The molecule has 4 amide bonds. The summed E-state index contributed by atoms with van der Waals surface area (Å²) < 4.78 is 4.96. The van der Waals surface area contributed by atoms with E-state index in [9.17, 15) is 19.2 Å². The third-order valence-electron chi connectivity index (χ3n) is 5.42. The molecular formula is C18H29N3O5. The lowest BCUT2D eigenvalue weighted by Crippen LogP contribution is -2.54. The van der Waals surface area contributed by atoms with Gasteiger partial charge in [0.1, 0.15) is 12.1 Å². The van der Waals surface area contributed by atoms with Gasteiger partial charge in [-0.3, -0.25) is 19.3 Å². The first-order valence-electron chi connectivity index (χ1n) is 9.35. The van der Waals surface area contributed by atoms with E-state index in [1.165, 1.54) is 4.90 Å². The lowest BCUT2D eigenvalue weighted by Gasteiger charge is -2.36. The number of urea groups is 1. The maximum atomic E-state index is 12.8. The van der Waals surface area contributed by atoms with Gasteiger partial charge >= 0.3 is 12.0 Å². The summed E-state index contributed by atoms with van der Waals surface area (Å²) in [7, 11) is 1.65. The number of likely N-dealkylation sites (N-methyl/N-ethyl adjacent to an activating group) is 1. The molecule has 0 bridgehead atoms. The molecule has 2 atom stereocenters. The van der Waals surface area contributed by atoms with Crippen LogP contribution in [0.2, 0.25) is 0 Å². The Morgan fingerprint density at radius 1 is 1.35 bits per heavy atom. The lowest BCUT2D eigenvalue weighted by molar-refractivity contribution is -0.153. The number of amides is 4. The van der Waals surface area contributed by atoms with Gasteiger partial charge in [-0.25, -0.2) is 4.79 Å². The summed E-state index contributed by atoms with van der Waals surface area (Å²) in [6, 6.07) is -0.563. The standard InChI is InChI=1S/C18H29N3O5/c1-4-5-10-20(3)14(22)12-26-15(23)11-21-16(24)18(19-17(21)25)9-7-6-8-13(18)2/h13H,4-12H2,1-3H3,(H,19,25)/t13-,18+/m1/s1. The minimum Gasteiger partial charge on any atom is -0.454 e. The Balaban J connectivity index is 1.88. The van der Waals surface area contributed by atoms with Crippen molar-refractivity contribution in [1.82, 2.24) is 15.1 Å². The maximum absolute atomic E-state index is 12.8. The van der Waals surface area contributed by atoms with Crippen molar-refractivity contribution < 1.29 is 23.9 Å². The van der Waals surface area contributed by atoms with E-state index in [0.29, 0.717) is 13.0 Å². The van der Waals surface area contributed by atoms with E-state index in [4.69, 9.17) is 4.74 Å². The number of rotatable bonds is 7. The summed E-state index contributed by atoms with van der Waals surface area (Å²) >= 11 is 0. The predicted octanol–water partition coefficient (Wildman–Crippen LogP) is 1.29. The molecular weight excluding hydrogens is 338 g/mol. The van der Waals surface area contributed by atoms with Gasteiger partial charge in [-0.1, -0.05) is 33.1 Å². The largest absolute Gasteiger partial charge is 0.454 e. The van der Waals surface area contributed by atoms with E-state index >= 15 is 0 Å². The Labute approximate surface area is 154 Å². The smallest absolute Gasteiger partial charge is 0.326 e. The molecule has 1 spiro atoms. The third kappa shape index (κ3) is 4.16. The van der Waals surface area contributed by atoms with Gasteiger partial charge in [0.15, 0.2) is 6.61 Å². The number of nitrogens with one attached hydrogen (secondary N) is 1. The van der Waals surface area contributed by atoms with Crippen LogP contribution >= 0.6 is 0 Å². The first-order chi connectivity index (χ1) is 12.3. The minimum absolute atomic E-state index is 0.0301. The summed E-state index contributed by atoms with van der Waals surface area (Å²) in [4.78, 5) is 51.3. The predicted molar refractivity (Wildman–Crippen MR) is 94.1 cm³/mol. The molecule has 0 aromatic rings.